The molecular weight excluding hydrogens is 442 g/mol. The first-order valence-electron chi connectivity index (χ1n) is 11.8. The molecule has 0 unspecified atom stereocenters. The minimum Gasteiger partial charge on any atom is -0.497 e. The molecule has 4 rings (SSSR count). The van der Waals surface area contributed by atoms with Gasteiger partial charge in [-0.1, -0.05) is 50.2 Å². The number of hydrogen-bond acceptors (Lipinski definition) is 4. The Labute approximate surface area is 205 Å². The zero-order valence-corrected chi connectivity index (χ0v) is 20.6. The fraction of sp³-hybridized carbons (Fsp3) is 0.321. The van der Waals surface area contributed by atoms with Crippen molar-refractivity contribution in [3.05, 3.63) is 71.8 Å². The molecule has 0 saturated heterocycles. The van der Waals surface area contributed by atoms with Gasteiger partial charge in [0.25, 0.3) is 5.91 Å². The van der Waals surface area contributed by atoms with Crippen LogP contribution in [0.4, 0.5) is 5.69 Å². The van der Waals surface area contributed by atoms with Gasteiger partial charge in [0.2, 0.25) is 11.8 Å². The van der Waals surface area contributed by atoms with Crippen LogP contribution < -0.4 is 15.0 Å². The van der Waals surface area contributed by atoms with Crippen molar-refractivity contribution in [3.8, 4) is 5.75 Å². The number of benzene rings is 3. The molecule has 35 heavy (non-hydrogen) atoms. The summed E-state index contributed by atoms with van der Waals surface area (Å²) in [5.74, 6) is 0.275. The lowest BCUT2D eigenvalue weighted by molar-refractivity contribution is -0.139. The van der Waals surface area contributed by atoms with E-state index in [0.29, 0.717) is 17.9 Å². The first-order valence-corrected chi connectivity index (χ1v) is 11.8. The molecule has 3 aromatic rings. The summed E-state index contributed by atoms with van der Waals surface area (Å²) in [7, 11) is 1.59. The number of nitrogens with one attached hydrogen (secondary N) is 1. The van der Waals surface area contributed by atoms with Gasteiger partial charge in [0.1, 0.15) is 18.3 Å². The molecule has 1 heterocycles. The average Bonchev–Trinajstić information content (AvgIpc) is 3.13. The summed E-state index contributed by atoms with van der Waals surface area (Å²) in [6.45, 7) is 6.36. The Balaban J connectivity index is 1.60. The van der Waals surface area contributed by atoms with Crippen molar-refractivity contribution in [2.75, 3.05) is 25.1 Å². The lowest BCUT2D eigenvalue weighted by atomic mass is 10.1. The third-order valence-corrected chi connectivity index (χ3v) is 6.31. The Morgan fingerprint density at radius 1 is 1.00 bits per heavy atom. The van der Waals surface area contributed by atoms with Crippen LogP contribution in [0.3, 0.4) is 0 Å². The lowest BCUT2D eigenvalue weighted by Crippen LogP contribution is -2.51. The maximum Gasteiger partial charge on any atom is 0.259 e. The number of anilines is 1. The molecule has 0 spiro atoms. The van der Waals surface area contributed by atoms with Gasteiger partial charge in [0.15, 0.2) is 0 Å². The Morgan fingerprint density at radius 3 is 2.34 bits per heavy atom. The van der Waals surface area contributed by atoms with Crippen molar-refractivity contribution in [2.45, 2.75) is 33.4 Å². The SMILES string of the molecule is COc1ccc(CN(C(=O)CN2C(=O)c3cccc4cccc2c34)[C@H](C)C(=O)NCC(C)C)cc1. The Morgan fingerprint density at radius 2 is 1.69 bits per heavy atom. The van der Waals surface area contributed by atoms with E-state index in [1.807, 2.05) is 68.4 Å². The summed E-state index contributed by atoms with van der Waals surface area (Å²) >= 11 is 0. The summed E-state index contributed by atoms with van der Waals surface area (Å²) in [5, 5.41) is 4.74. The highest BCUT2D eigenvalue weighted by molar-refractivity contribution is 6.26. The number of ether oxygens (including phenoxy) is 1. The fourth-order valence-electron chi connectivity index (χ4n) is 4.32. The molecule has 0 saturated carbocycles. The molecule has 1 atom stereocenters. The second-order valence-corrected chi connectivity index (χ2v) is 9.26. The Bertz CT molecular complexity index is 1250. The van der Waals surface area contributed by atoms with Gasteiger partial charge < -0.3 is 15.0 Å². The third kappa shape index (κ3) is 4.99. The highest BCUT2D eigenvalue weighted by atomic mass is 16.5. The van der Waals surface area contributed by atoms with Gasteiger partial charge in [0.05, 0.1) is 12.8 Å². The van der Waals surface area contributed by atoms with Gasteiger partial charge in [-0.15, -0.1) is 0 Å². The van der Waals surface area contributed by atoms with Gasteiger partial charge in [0, 0.05) is 24.0 Å². The summed E-state index contributed by atoms with van der Waals surface area (Å²) in [6, 6.07) is 18.0. The first-order chi connectivity index (χ1) is 16.8. The Kier molecular flexibility index (Phi) is 7.05. The monoisotopic (exact) mass is 473 g/mol. The molecule has 0 fully saturated rings. The first kappa shape index (κ1) is 24.3. The number of nitrogens with zero attached hydrogens (tertiary/aromatic N) is 2. The second kappa shape index (κ2) is 10.2. The van der Waals surface area contributed by atoms with E-state index in [2.05, 4.69) is 5.32 Å². The van der Waals surface area contributed by atoms with E-state index in [4.69, 9.17) is 4.74 Å². The smallest absolute Gasteiger partial charge is 0.259 e. The molecular formula is C28H31N3O4. The van der Waals surface area contributed by atoms with Crippen LogP contribution in [0.25, 0.3) is 10.8 Å². The largest absolute Gasteiger partial charge is 0.497 e. The molecule has 3 aromatic carbocycles. The van der Waals surface area contributed by atoms with Gasteiger partial charge in [-0.25, -0.2) is 0 Å². The zero-order chi connectivity index (χ0) is 25.1. The van der Waals surface area contributed by atoms with E-state index in [1.54, 1.807) is 20.1 Å². The molecule has 7 heteroatoms. The van der Waals surface area contributed by atoms with Crippen LogP contribution in [-0.2, 0) is 16.1 Å². The summed E-state index contributed by atoms with van der Waals surface area (Å²) in [6.07, 6.45) is 0. The molecule has 182 valence electrons. The van der Waals surface area contributed by atoms with Crippen LogP contribution in [0, 0.1) is 5.92 Å². The highest BCUT2D eigenvalue weighted by Crippen LogP contribution is 2.37. The predicted molar refractivity (Wildman–Crippen MR) is 136 cm³/mol. The number of rotatable bonds is 9. The molecule has 3 amide bonds. The second-order valence-electron chi connectivity index (χ2n) is 9.26. The van der Waals surface area contributed by atoms with Crippen molar-refractivity contribution < 1.29 is 19.1 Å². The minimum absolute atomic E-state index is 0.148. The van der Waals surface area contributed by atoms with E-state index >= 15 is 0 Å². The standard InChI is InChI=1S/C28H31N3O4/c1-18(2)15-29-27(33)19(3)30(16-20-11-13-22(35-4)14-12-20)25(32)17-31-24-10-6-8-21-7-5-9-23(26(21)24)28(31)34/h5-14,18-19H,15-17H2,1-4H3,(H,29,33)/t19-/m1/s1. The van der Waals surface area contributed by atoms with E-state index in [0.717, 1.165) is 22.0 Å². The predicted octanol–water partition coefficient (Wildman–Crippen LogP) is 4.00. The molecule has 0 aromatic heterocycles. The van der Waals surface area contributed by atoms with Crippen molar-refractivity contribution in [2.24, 2.45) is 5.92 Å². The summed E-state index contributed by atoms with van der Waals surface area (Å²) < 4.78 is 5.23. The summed E-state index contributed by atoms with van der Waals surface area (Å²) in [4.78, 5) is 42.8. The van der Waals surface area contributed by atoms with E-state index in [9.17, 15) is 14.4 Å². The van der Waals surface area contributed by atoms with Crippen molar-refractivity contribution in [1.82, 2.24) is 10.2 Å². The molecule has 1 aliphatic heterocycles. The number of carbonyl (C=O) groups excluding carboxylic acids is 3. The van der Waals surface area contributed by atoms with E-state index < -0.39 is 6.04 Å². The zero-order valence-electron chi connectivity index (χ0n) is 20.6. The molecule has 0 aliphatic carbocycles. The molecule has 1 aliphatic rings. The molecule has 1 N–H and O–H groups in total. The maximum absolute atomic E-state index is 13.7. The molecule has 0 bridgehead atoms. The van der Waals surface area contributed by atoms with Crippen LogP contribution in [-0.4, -0.2) is 48.9 Å². The maximum atomic E-state index is 13.7. The van der Waals surface area contributed by atoms with Crippen molar-refractivity contribution in [1.29, 1.82) is 0 Å². The van der Waals surface area contributed by atoms with Crippen LogP contribution >= 0.6 is 0 Å². The number of hydrogen-bond donors (Lipinski definition) is 1. The van der Waals surface area contributed by atoms with Gasteiger partial charge in [-0.05, 0) is 48.1 Å². The van der Waals surface area contributed by atoms with Crippen LogP contribution in [0.1, 0.15) is 36.7 Å². The Hall–Kier alpha value is -3.87. The van der Waals surface area contributed by atoms with Gasteiger partial charge >= 0.3 is 0 Å². The van der Waals surface area contributed by atoms with Crippen molar-refractivity contribution >= 4 is 34.2 Å². The average molecular weight is 474 g/mol. The van der Waals surface area contributed by atoms with E-state index in [-0.39, 0.29) is 36.7 Å². The van der Waals surface area contributed by atoms with Gasteiger partial charge in [-0.3, -0.25) is 19.3 Å². The normalized spacial score (nSPS) is 13.3. The topological polar surface area (TPSA) is 79.0 Å². The third-order valence-electron chi connectivity index (χ3n) is 6.31. The van der Waals surface area contributed by atoms with Crippen LogP contribution in [0.15, 0.2) is 60.7 Å². The summed E-state index contributed by atoms with van der Waals surface area (Å²) in [5.41, 5.74) is 2.17. The van der Waals surface area contributed by atoms with Crippen LogP contribution in [0.2, 0.25) is 0 Å². The number of amides is 3. The van der Waals surface area contributed by atoms with E-state index in [1.165, 1.54) is 9.80 Å². The highest BCUT2D eigenvalue weighted by Gasteiger charge is 2.34. The number of methoxy groups -OCH3 is 1. The number of carbonyl (C=O) groups is 3. The quantitative estimate of drug-likeness (QED) is 0.510. The minimum atomic E-state index is -0.709. The lowest BCUT2D eigenvalue weighted by Gasteiger charge is -2.31. The van der Waals surface area contributed by atoms with Gasteiger partial charge in [-0.2, -0.15) is 0 Å². The van der Waals surface area contributed by atoms with Crippen LogP contribution in [0.5, 0.6) is 5.75 Å². The molecule has 0 radical (unpaired) electrons. The molecule has 7 nitrogen and oxygen atoms in total. The van der Waals surface area contributed by atoms with Crippen molar-refractivity contribution in [3.63, 3.8) is 0 Å². The fourth-order valence-corrected chi connectivity index (χ4v) is 4.32.